The van der Waals surface area contributed by atoms with Crippen LogP contribution in [0.3, 0.4) is 0 Å². The van der Waals surface area contributed by atoms with Crippen LogP contribution in [0, 0.1) is 0 Å². The van der Waals surface area contributed by atoms with E-state index in [1.807, 2.05) is 0 Å². The first-order valence-electron chi connectivity index (χ1n) is 8.44. The van der Waals surface area contributed by atoms with Crippen molar-refractivity contribution in [2.75, 3.05) is 13.6 Å². The first-order valence-corrected chi connectivity index (χ1v) is 5.49. The molecule has 0 saturated heterocycles. The van der Waals surface area contributed by atoms with Gasteiger partial charge in [-0.3, -0.25) is 4.79 Å². The van der Waals surface area contributed by atoms with E-state index in [9.17, 15) is 4.79 Å². The predicted octanol–water partition coefficient (Wildman–Crippen LogP) is 2.53. The van der Waals surface area contributed by atoms with Crippen LogP contribution in [0.25, 0.3) is 10.8 Å². The van der Waals surface area contributed by atoms with E-state index in [4.69, 9.17) is 13.0 Å². The van der Waals surface area contributed by atoms with E-state index in [1.54, 1.807) is 24.3 Å². The molecule has 18 heavy (non-hydrogen) atoms. The fourth-order valence-corrected chi connectivity index (χ4v) is 1.71. The second-order valence-corrected chi connectivity index (χ2v) is 3.80. The van der Waals surface area contributed by atoms with E-state index in [1.165, 1.54) is 19.1 Å². The average Bonchev–Trinajstić information content (AvgIpc) is 2.44. The molecule has 0 heterocycles. The molecule has 2 aromatic carbocycles. The van der Waals surface area contributed by atoms with Crippen molar-refractivity contribution in [2.45, 2.75) is 13.3 Å². The van der Waals surface area contributed by atoms with Crippen molar-refractivity contribution in [3.63, 3.8) is 0 Å². The van der Waals surface area contributed by atoms with E-state index >= 15 is 0 Å². The molecule has 0 spiro atoms. The third-order valence-electron chi connectivity index (χ3n) is 2.54. The molecule has 3 heteroatoms. The zero-order valence-corrected chi connectivity index (χ0v) is 9.93. The second-order valence-electron chi connectivity index (χ2n) is 3.80. The zero-order valence-electron chi connectivity index (χ0n) is 15.9. The van der Waals surface area contributed by atoms with Gasteiger partial charge >= 0.3 is 0 Å². The lowest BCUT2D eigenvalue weighted by atomic mass is 10.0. The molecule has 2 aromatic rings. The number of hydrogen-bond donors (Lipinski definition) is 1. The van der Waals surface area contributed by atoms with Gasteiger partial charge in [-0.15, -0.1) is 0 Å². The Kier molecular flexibility index (Phi) is 2.09. The third kappa shape index (κ3) is 2.80. The maximum absolute atomic E-state index is 11.2. The summed E-state index contributed by atoms with van der Waals surface area (Å²) in [5.41, 5.74) is 0.259. The molecule has 1 N–H and O–H groups in total. The summed E-state index contributed by atoms with van der Waals surface area (Å²) < 4.78 is 50.4. The predicted molar refractivity (Wildman–Crippen MR) is 72.9 cm³/mol. The Morgan fingerprint density at radius 2 is 2.39 bits per heavy atom. The number of amides is 1. The van der Waals surface area contributed by atoms with Crippen LogP contribution in [0.5, 0.6) is 5.75 Å². The molecule has 0 atom stereocenters. The maximum atomic E-state index is 11.2. The van der Waals surface area contributed by atoms with Gasteiger partial charge in [-0.05, 0) is 34.8 Å². The Balaban J connectivity index is 2.49. The van der Waals surface area contributed by atoms with Gasteiger partial charge in [0.2, 0.25) is 5.91 Å². The number of carbonyl (C=O) groups is 1. The molecule has 0 saturated carbocycles. The van der Waals surface area contributed by atoms with E-state index in [0.717, 1.165) is 0 Å². The van der Waals surface area contributed by atoms with Crippen LogP contribution in [-0.2, 0) is 11.2 Å². The van der Waals surface area contributed by atoms with Gasteiger partial charge in [0.1, 0.15) is 5.75 Å². The average molecular weight is 249 g/mol. The molecule has 0 unspecified atom stereocenters. The van der Waals surface area contributed by atoms with Crippen molar-refractivity contribution < 1.29 is 17.8 Å². The number of methoxy groups -OCH3 is 1. The summed E-state index contributed by atoms with van der Waals surface area (Å²) >= 11 is 0. The first-order chi connectivity index (χ1) is 11.0. The van der Waals surface area contributed by atoms with Crippen LogP contribution in [0.2, 0.25) is 1.41 Å². The first kappa shape index (κ1) is 6.78. The topological polar surface area (TPSA) is 38.3 Å². The fraction of sp³-hybridized carbons (Fsp3) is 0.267. The van der Waals surface area contributed by atoms with Crippen molar-refractivity contribution >= 4 is 16.7 Å². The van der Waals surface area contributed by atoms with Gasteiger partial charge in [0, 0.05) is 16.2 Å². The minimum absolute atomic E-state index is 0.0973. The Hall–Kier alpha value is -2.03. The molecule has 3 nitrogen and oxygen atoms in total. The highest BCUT2D eigenvalue weighted by Crippen LogP contribution is 2.24. The van der Waals surface area contributed by atoms with Gasteiger partial charge in [0.05, 0.1) is 11.2 Å². The van der Waals surface area contributed by atoms with Crippen molar-refractivity contribution in [3.8, 4) is 5.75 Å². The van der Waals surface area contributed by atoms with Gasteiger partial charge in [0.25, 0.3) is 0 Å². The van der Waals surface area contributed by atoms with E-state index in [0.29, 0.717) is 16.1 Å². The molecule has 0 aliphatic rings. The molecule has 0 bridgehead atoms. The van der Waals surface area contributed by atoms with Crippen LogP contribution >= 0.6 is 0 Å². The van der Waals surface area contributed by atoms with Gasteiger partial charge < -0.3 is 10.0 Å². The Morgan fingerprint density at radius 3 is 3.17 bits per heavy atom. The van der Waals surface area contributed by atoms with Crippen molar-refractivity contribution in [3.05, 3.63) is 42.0 Å². The molecule has 0 fully saturated rings. The van der Waals surface area contributed by atoms with Crippen molar-refractivity contribution in [1.82, 2.24) is 5.31 Å². The number of hydrogen-bond acceptors (Lipinski definition) is 2. The van der Waals surface area contributed by atoms with E-state index in [-0.39, 0.29) is 11.3 Å². The van der Waals surface area contributed by atoms with Crippen LogP contribution < -0.4 is 10.0 Å². The molecule has 94 valence electrons. The molecule has 0 aromatic heterocycles. The SMILES string of the molecule is [2H]N(CC([2H])([2H])c1cccc2ccc(OC([2H])([2H])[2H])cc12)C(C)=O. The van der Waals surface area contributed by atoms with Crippen LogP contribution in [-0.4, -0.2) is 19.5 Å². The summed E-state index contributed by atoms with van der Waals surface area (Å²) in [5, 5.41) is 1.73. The van der Waals surface area contributed by atoms with Crippen LogP contribution in [0.15, 0.2) is 36.4 Å². The maximum Gasteiger partial charge on any atom is 0.216 e. The smallest absolute Gasteiger partial charge is 0.216 e. The molecule has 0 radical (unpaired) electrons. The summed E-state index contributed by atoms with van der Waals surface area (Å²) in [5.74, 6) is -0.467. The summed E-state index contributed by atoms with van der Waals surface area (Å²) in [6.07, 6.45) is -1.98. The molecule has 0 aliphatic carbocycles. The van der Waals surface area contributed by atoms with Crippen molar-refractivity contribution in [2.24, 2.45) is 0 Å². The summed E-state index contributed by atoms with van der Waals surface area (Å²) in [7, 11) is -2.60. The van der Waals surface area contributed by atoms with Crippen molar-refractivity contribution in [1.29, 1.82) is 0 Å². The summed E-state index contributed by atoms with van der Waals surface area (Å²) in [6.45, 7) is 0.750. The fourth-order valence-electron chi connectivity index (χ4n) is 1.71. The number of carbonyl (C=O) groups excluding carboxylic acids is 1. The lowest BCUT2D eigenvalue weighted by Gasteiger charge is -2.08. The summed E-state index contributed by atoms with van der Waals surface area (Å²) in [6, 6.07) is 9.57. The van der Waals surface area contributed by atoms with E-state index < -0.39 is 25.9 Å². The number of benzene rings is 2. The lowest BCUT2D eigenvalue weighted by molar-refractivity contribution is -0.118. The second kappa shape index (κ2) is 5.54. The third-order valence-corrected chi connectivity index (χ3v) is 2.54. The molecular weight excluding hydrogens is 226 g/mol. The summed E-state index contributed by atoms with van der Waals surface area (Å²) in [4.78, 5) is 11.2. The number of rotatable bonds is 4. The minimum Gasteiger partial charge on any atom is -0.497 e. The highest BCUT2D eigenvalue weighted by molar-refractivity contribution is 5.87. The molecule has 0 aliphatic heterocycles. The minimum atomic E-state index is -2.60. The highest BCUT2D eigenvalue weighted by Gasteiger charge is 2.03. The molecule has 2 rings (SSSR count). The standard InChI is InChI=1S/C15H17NO2/c1-11(17)16-9-8-13-5-3-4-12-6-7-14(18-2)10-15(12)13/h3-7,10H,8-9H2,1-2H3,(H,16,17)/i2D3,8D2/hD. The number of nitrogens with one attached hydrogen (secondary N) is 1. The van der Waals surface area contributed by atoms with Gasteiger partial charge in [-0.1, -0.05) is 24.3 Å². The zero-order chi connectivity index (χ0) is 18.1. The van der Waals surface area contributed by atoms with Gasteiger partial charge in [-0.2, -0.15) is 0 Å². The largest absolute Gasteiger partial charge is 0.497 e. The van der Waals surface area contributed by atoms with Gasteiger partial charge in [-0.25, -0.2) is 0 Å². The quantitative estimate of drug-likeness (QED) is 0.904. The lowest BCUT2D eigenvalue weighted by Crippen LogP contribution is -2.22. The van der Waals surface area contributed by atoms with Crippen LogP contribution in [0.1, 0.15) is 19.3 Å². The number of ether oxygens (including phenoxy) is 1. The Bertz CT molecular complexity index is 759. The normalized spacial score (nSPS) is 16.7. The monoisotopic (exact) mass is 249 g/mol. The Labute approximate surface area is 115 Å². The highest BCUT2D eigenvalue weighted by atomic mass is 16.5. The molecule has 1 amide bonds. The molecular formula is C15H17NO2. The van der Waals surface area contributed by atoms with Crippen LogP contribution in [0.4, 0.5) is 0 Å². The van der Waals surface area contributed by atoms with E-state index in [2.05, 4.69) is 0 Å². The van der Waals surface area contributed by atoms with Gasteiger partial charge in [0.15, 0.2) is 1.41 Å². The Morgan fingerprint density at radius 1 is 1.50 bits per heavy atom. The number of fused-ring (bicyclic) bond motifs is 1.